The van der Waals surface area contributed by atoms with Crippen molar-refractivity contribution in [3.8, 4) is 0 Å². The van der Waals surface area contributed by atoms with E-state index >= 15 is 0 Å². The van der Waals surface area contributed by atoms with Gasteiger partial charge in [-0.3, -0.25) is 4.79 Å². The summed E-state index contributed by atoms with van der Waals surface area (Å²) in [6.07, 6.45) is 0. The number of nitrogens with one attached hydrogen (secondary N) is 2. The Bertz CT molecular complexity index is 472. The molecule has 0 saturated carbocycles. The molecule has 1 heterocycles. The van der Waals surface area contributed by atoms with Gasteiger partial charge in [0.2, 0.25) is 0 Å². The summed E-state index contributed by atoms with van der Waals surface area (Å²) in [7, 11) is 1.67. The summed E-state index contributed by atoms with van der Waals surface area (Å²) in [5.74, 6) is -0.0318. The third-order valence-electron chi connectivity index (χ3n) is 3.57. The lowest BCUT2D eigenvalue weighted by Gasteiger charge is -2.30. The molecular weight excluding hydrogens is 353 g/mol. The van der Waals surface area contributed by atoms with Crippen LogP contribution in [0.4, 0.5) is 5.69 Å². The van der Waals surface area contributed by atoms with Gasteiger partial charge in [-0.25, -0.2) is 0 Å². The highest BCUT2D eigenvalue weighted by Gasteiger charge is 2.17. The molecule has 1 aliphatic heterocycles. The number of carbonyl (C=O) groups excluding carboxylic acids is 1. The lowest BCUT2D eigenvalue weighted by molar-refractivity contribution is 0.0952. The second-order valence-electron chi connectivity index (χ2n) is 5.12. The highest BCUT2D eigenvalue weighted by molar-refractivity contribution is 5.99. The van der Waals surface area contributed by atoms with Crippen molar-refractivity contribution >= 4 is 36.4 Å². The van der Waals surface area contributed by atoms with Crippen molar-refractivity contribution in [1.82, 2.24) is 10.6 Å². The molecule has 1 fully saturated rings. The number of hydrogen-bond donors (Lipinski definition) is 2. The van der Waals surface area contributed by atoms with Crippen molar-refractivity contribution < 1.29 is 14.3 Å². The smallest absolute Gasteiger partial charge is 0.253 e. The van der Waals surface area contributed by atoms with Crippen molar-refractivity contribution in [1.29, 1.82) is 0 Å². The zero-order chi connectivity index (χ0) is 15.6. The Morgan fingerprint density at radius 3 is 2.58 bits per heavy atom. The normalized spacial score (nSPS) is 13.6. The van der Waals surface area contributed by atoms with Gasteiger partial charge in [0.05, 0.1) is 25.4 Å². The van der Waals surface area contributed by atoms with E-state index in [0.717, 1.165) is 37.4 Å². The maximum absolute atomic E-state index is 12.4. The molecule has 138 valence electrons. The van der Waals surface area contributed by atoms with Crippen LogP contribution in [-0.2, 0) is 9.47 Å². The highest BCUT2D eigenvalue weighted by atomic mass is 35.5. The molecule has 8 heteroatoms. The van der Waals surface area contributed by atoms with Crippen LogP contribution >= 0.6 is 24.8 Å². The molecule has 1 saturated heterocycles. The molecule has 0 unspecified atom stereocenters. The molecule has 1 aliphatic rings. The Kier molecular flexibility index (Phi) is 12.7. The van der Waals surface area contributed by atoms with Gasteiger partial charge in [0.25, 0.3) is 5.91 Å². The molecule has 0 bridgehead atoms. The second-order valence-corrected chi connectivity index (χ2v) is 5.12. The van der Waals surface area contributed by atoms with Crippen molar-refractivity contribution in [3.63, 3.8) is 0 Å². The lowest BCUT2D eigenvalue weighted by Crippen LogP contribution is -2.38. The number of ether oxygens (including phenoxy) is 2. The van der Waals surface area contributed by atoms with Gasteiger partial charge in [0.15, 0.2) is 0 Å². The molecule has 0 aliphatic carbocycles. The topological polar surface area (TPSA) is 62.8 Å². The third kappa shape index (κ3) is 7.23. The van der Waals surface area contributed by atoms with E-state index in [2.05, 4.69) is 15.5 Å². The van der Waals surface area contributed by atoms with Crippen LogP contribution in [-0.4, -0.2) is 65.6 Å². The number of rotatable bonds is 8. The molecule has 2 N–H and O–H groups in total. The van der Waals surface area contributed by atoms with Gasteiger partial charge in [-0.2, -0.15) is 0 Å². The Labute approximate surface area is 156 Å². The molecular formula is C16H27Cl2N3O3. The Morgan fingerprint density at radius 2 is 1.88 bits per heavy atom. The molecule has 24 heavy (non-hydrogen) atoms. The Morgan fingerprint density at radius 1 is 1.17 bits per heavy atom. The lowest BCUT2D eigenvalue weighted by atomic mass is 10.1. The van der Waals surface area contributed by atoms with Crippen molar-refractivity contribution in [2.75, 3.05) is 64.6 Å². The van der Waals surface area contributed by atoms with Gasteiger partial charge in [-0.05, 0) is 12.1 Å². The zero-order valence-corrected chi connectivity index (χ0v) is 15.6. The molecule has 1 aromatic rings. The second kappa shape index (κ2) is 13.3. The number of benzene rings is 1. The molecule has 2 rings (SSSR count). The number of methoxy groups -OCH3 is 1. The van der Waals surface area contributed by atoms with Crippen LogP contribution in [0.2, 0.25) is 0 Å². The SMILES string of the molecule is COCCNCCNC(=O)c1ccccc1N1CCOCC1.Cl.Cl. The largest absolute Gasteiger partial charge is 0.383 e. The average Bonchev–Trinajstić information content (AvgIpc) is 2.58. The summed E-state index contributed by atoms with van der Waals surface area (Å²) in [5.41, 5.74) is 1.71. The minimum atomic E-state index is -0.0318. The number of nitrogens with zero attached hydrogens (tertiary/aromatic N) is 1. The van der Waals surface area contributed by atoms with E-state index in [1.165, 1.54) is 0 Å². The Balaban J connectivity index is 0.00000264. The summed E-state index contributed by atoms with van der Waals surface area (Å²) in [4.78, 5) is 14.6. The number of carbonyl (C=O) groups is 1. The van der Waals surface area contributed by atoms with Crippen LogP contribution in [0.15, 0.2) is 24.3 Å². The molecule has 0 atom stereocenters. The van der Waals surface area contributed by atoms with Crippen LogP contribution in [0.25, 0.3) is 0 Å². The predicted octanol–water partition coefficient (Wildman–Crippen LogP) is 1.33. The first kappa shape index (κ1) is 22.9. The highest BCUT2D eigenvalue weighted by Crippen LogP contribution is 2.21. The zero-order valence-electron chi connectivity index (χ0n) is 14.0. The number of anilines is 1. The number of amides is 1. The first-order valence-corrected chi connectivity index (χ1v) is 7.72. The average molecular weight is 380 g/mol. The molecule has 0 spiro atoms. The fourth-order valence-electron chi connectivity index (χ4n) is 2.40. The minimum absolute atomic E-state index is 0. The van der Waals surface area contributed by atoms with E-state index in [0.29, 0.717) is 26.4 Å². The Hall–Kier alpha value is -1.05. The summed E-state index contributed by atoms with van der Waals surface area (Å²) in [6.45, 7) is 5.85. The van der Waals surface area contributed by atoms with E-state index in [-0.39, 0.29) is 30.7 Å². The van der Waals surface area contributed by atoms with Gasteiger partial charge in [-0.1, -0.05) is 12.1 Å². The van der Waals surface area contributed by atoms with Crippen molar-refractivity contribution in [3.05, 3.63) is 29.8 Å². The molecule has 1 aromatic carbocycles. The molecule has 6 nitrogen and oxygen atoms in total. The van der Waals surface area contributed by atoms with E-state index in [1.807, 2.05) is 24.3 Å². The third-order valence-corrected chi connectivity index (χ3v) is 3.57. The maximum atomic E-state index is 12.4. The summed E-state index contributed by atoms with van der Waals surface area (Å²) in [6, 6.07) is 7.74. The maximum Gasteiger partial charge on any atom is 0.253 e. The van der Waals surface area contributed by atoms with E-state index in [4.69, 9.17) is 9.47 Å². The fourth-order valence-corrected chi connectivity index (χ4v) is 2.40. The van der Waals surface area contributed by atoms with Gasteiger partial charge in [-0.15, -0.1) is 24.8 Å². The number of morpholine rings is 1. The van der Waals surface area contributed by atoms with Crippen molar-refractivity contribution in [2.24, 2.45) is 0 Å². The van der Waals surface area contributed by atoms with Gasteiger partial charge in [0, 0.05) is 45.5 Å². The predicted molar refractivity (Wildman–Crippen MR) is 101 cm³/mol. The van der Waals surface area contributed by atoms with Gasteiger partial charge >= 0.3 is 0 Å². The van der Waals surface area contributed by atoms with Crippen LogP contribution in [0.5, 0.6) is 0 Å². The first-order valence-electron chi connectivity index (χ1n) is 7.72. The van der Waals surface area contributed by atoms with Crippen LogP contribution in [0.1, 0.15) is 10.4 Å². The number of halogens is 2. The summed E-state index contributed by atoms with van der Waals surface area (Å²) in [5, 5.41) is 6.16. The van der Waals surface area contributed by atoms with E-state index in [9.17, 15) is 4.79 Å². The minimum Gasteiger partial charge on any atom is -0.383 e. The van der Waals surface area contributed by atoms with Gasteiger partial charge < -0.3 is 25.0 Å². The fraction of sp³-hybridized carbons (Fsp3) is 0.562. The van der Waals surface area contributed by atoms with Crippen LogP contribution in [0.3, 0.4) is 0 Å². The number of hydrogen-bond acceptors (Lipinski definition) is 5. The quantitative estimate of drug-likeness (QED) is 0.667. The van der Waals surface area contributed by atoms with Crippen LogP contribution < -0.4 is 15.5 Å². The van der Waals surface area contributed by atoms with Crippen LogP contribution in [0, 0.1) is 0 Å². The summed E-state index contributed by atoms with van der Waals surface area (Å²) < 4.78 is 10.3. The molecule has 0 aromatic heterocycles. The molecule has 0 radical (unpaired) electrons. The molecule has 1 amide bonds. The summed E-state index contributed by atoms with van der Waals surface area (Å²) >= 11 is 0. The van der Waals surface area contributed by atoms with Crippen molar-refractivity contribution in [2.45, 2.75) is 0 Å². The van der Waals surface area contributed by atoms with E-state index in [1.54, 1.807) is 7.11 Å². The standard InChI is InChI=1S/C16H25N3O3.2ClH/c1-21-11-8-17-6-7-18-16(20)14-4-2-3-5-15(14)19-9-12-22-13-10-19;;/h2-5,17H,6-13H2,1H3,(H,18,20);2*1H. The van der Waals surface area contributed by atoms with E-state index < -0.39 is 0 Å². The monoisotopic (exact) mass is 379 g/mol. The number of para-hydroxylation sites is 1. The van der Waals surface area contributed by atoms with Gasteiger partial charge in [0.1, 0.15) is 0 Å². The first-order chi connectivity index (χ1) is 10.8.